The highest BCUT2D eigenvalue weighted by molar-refractivity contribution is 6.42. The lowest BCUT2D eigenvalue weighted by Gasteiger charge is -2.12. The van der Waals surface area contributed by atoms with Crippen molar-refractivity contribution >= 4 is 46.4 Å². The van der Waals surface area contributed by atoms with Crippen molar-refractivity contribution in [3.8, 4) is 0 Å². The summed E-state index contributed by atoms with van der Waals surface area (Å²) in [6, 6.07) is 12.3. The Hall–Kier alpha value is -2.24. The molecular weight excluding hydrogens is 361 g/mol. The first-order chi connectivity index (χ1) is 12.0. The molecule has 0 saturated heterocycles. The van der Waals surface area contributed by atoms with E-state index in [9.17, 15) is 9.59 Å². The van der Waals surface area contributed by atoms with E-state index in [4.69, 9.17) is 23.2 Å². The van der Waals surface area contributed by atoms with Gasteiger partial charge in [0, 0.05) is 17.4 Å². The van der Waals surface area contributed by atoms with Gasteiger partial charge in [-0.05, 0) is 43.2 Å². The van der Waals surface area contributed by atoms with Crippen molar-refractivity contribution in [2.45, 2.75) is 18.9 Å². The van der Waals surface area contributed by atoms with Crippen LogP contribution in [-0.2, 0) is 4.79 Å². The number of nitrogens with one attached hydrogen (secondary N) is 3. The highest BCUT2D eigenvalue weighted by Crippen LogP contribution is 2.25. The van der Waals surface area contributed by atoms with Crippen LogP contribution in [-0.4, -0.2) is 24.4 Å². The standard InChI is InChI=1S/C18H17Cl2N3O2/c19-14-8-7-12(9-15(14)20)22-17(24)10-21-16-4-2-1-3-13(16)18(25)23-11-5-6-11/h1-4,7-9,11,21H,5-6,10H2,(H,22,24)(H,23,25). The Bertz CT molecular complexity index is 807. The topological polar surface area (TPSA) is 70.2 Å². The van der Waals surface area contributed by atoms with E-state index >= 15 is 0 Å². The van der Waals surface area contributed by atoms with Gasteiger partial charge in [-0.2, -0.15) is 0 Å². The van der Waals surface area contributed by atoms with Gasteiger partial charge in [-0.3, -0.25) is 9.59 Å². The van der Waals surface area contributed by atoms with Gasteiger partial charge in [-0.15, -0.1) is 0 Å². The number of hydrogen-bond donors (Lipinski definition) is 3. The van der Waals surface area contributed by atoms with Gasteiger partial charge in [0.1, 0.15) is 0 Å². The molecule has 0 aromatic heterocycles. The predicted octanol–water partition coefficient (Wildman–Crippen LogP) is 3.94. The zero-order valence-electron chi connectivity index (χ0n) is 13.3. The molecule has 2 aromatic carbocycles. The quantitative estimate of drug-likeness (QED) is 0.713. The van der Waals surface area contributed by atoms with Crippen LogP contribution in [0.1, 0.15) is 23.2 Å². The summed E-state index contributed by atoms with van der Waals surface area (Å²) in [5.74, 6) is -0.383. The van der Waals surface area contributed by atoms with Crippen LogP contribution in [0.15, 0.2) is 42.5 Å². The van der Waals surface area contributed by atoms with Gasteiger partial charge in [0.2, 0.25) is 5.91 Å². The van der Waals surface area contributed by atoms with E-state index in [1.54, 1.807) is 36.4 Å². The largest absolute Gasteiger partial charge is 0.376 e. The van der Waals surface area contributed by atoms with Gasteiger partial charge in [-0.25, -0.2) is 0 Å². The summed E-state index contributed by atoms with van der Waals surface area (Å²) in [6.45, 7) is 0.0218. The normalized spacial score (nSPS) is 13.2. The lowest BCUT2D eigenvalue weighted by Crippen LogP contribution is -2.27. The number of anilines is 2. The molecule has 3 N–H and O–H groups in total. The first-order valence-corrected chi connectivity index (χ1v) is 8.67. The smallest absolute Gasteiger partial charge is 0.253 e. The van der Waals surface area contributed by atoms with E-state index < -0.39 is 0 Å². The molecule has 1 fully saturated rings. The van der Waals surface area contributed by atoms with Crippen molar-refractivity contribution in [2.24, 2.45) is 0 Å². The fraction of sp³-hybridized carbons (Fsp3) is 0.222. The van der Waals surface area contributed by atoms with Crippen LogP contribution in [0.3, 0.4) is 0 Å². The number of halogens is 2. The van der Waals surface area contributed by atoms with Gasteiger partial charge in [0.05, 0.1) is 22.2 Å². The summed E-state index contributed by atoms with van der Waals surface area (Å²) in [5.41, 5.74) is 1.70. The summed E-state index contributed by atoms with van der Waals surface area (Å²) in [4.78, 5) is 24.3. The van der Waals surface area contributed by atoms with Crippen molar-refractivity contribution in [2.75, 3.05) is 17.2 Å². The molecule has 7 heteroatoms. The Labute approximate surface area is 155 Å². The Morgan fingerprint density at radius 2 is 1.80 bits per heavy atom. The molecule has 1 aliphatic carbocycles. The van der Waals surface area contributed by atoms with Gasteiger partial charge in [-0.1, -0.05) is 35.3 Å². The Kier molecular flexibility index (Phi) is 5.46. The zero-order chi connectivity index (χ0) is 17.8. The van der Waals surface area contributed by atoms with Crippen LogP contribution < -0.4 is 16.0 Å². The molecule has 0 heterocycles. The van der Waals surface area contributed by atoms with Crippen molar-refractivity contribution in [1.82, 2.24) is 5.32 Å². The van der Waals surface area contributed by atoms with E-state index in [1.807, 2.05) is 6.07 Å². The van der Waals surface area contributed by atoms with E-state index in [0.29, 0.717) is 27.0 Å². The molecule has 0 aliphatic heterocycles. The number of amides is 2. The molecule has 130 valence electrons. The van der Waals surface area contributed by atoms with Crippen LogP contribution in [0, 0.1) is 0 Å². The number of benzene rings is 2. The molecule has 3 rings (SSSR count). The fourth-order valence-electron chi connectivity index (χ4n) is 2.28. The summed E-state index contributed by atoms with van der Waals surface area (Å²) < 4.78 is 0. The Balaban J connectivity index is 1.59. The molecular formula is C18H17Cl2N3O2. The molecule has 1 aliphatic rings. The number of para-hydroxylation sites is 1. The zero-order valence-corrected chi connectivity index (χ0v) is 14.8. The highest BCUT2D eigenvalue weighted by atomic mass is 35.5. The first-order valence-electron chi connectivity index (χ1n) is 7.91. The molecule has 0 spiro atoms. The van der Waals surface area contributed by atoms with E-state index in [2.05, 4.69) is 16.0 Å². The van der Waals surface area contributed by atoms with Gasteiger partial charge < -0.3 is 16.0 Å². The third-order valence-corrected chi connectivity index (χ3v) is 4.47. The van der Waals surface area contributed by atoms with E-state index in [-0.39, 0.29) is 24.4 Å². The minimum atomic E-state index is -0.254. The van der Waals surface area contributed by atoms with Crippen molar-refractivity contribution in [1.29, 1.82) is 0 Å². The average Bonchev–Trinajstić information content (AvgIpc) is 3.40. The second-order valence-corrected chi connectivity index (χ2v) is 6.64. The minimum absolute atomic E-state index is 0.0218. The van der Waals surface area contributed by atoms with Crippen LogP contribution in [0.25, 0.3) is 0 Å². The van der Waals surface area contributed by atoms with Gasteiger partial charge in [0.15, 0.2) is 0 Å². The van der Waals surface area contributed by atoms with Crippen molar-refractivity contribution < 1.29 is 9.59 Å². The maximum atomic E-state index is 12.2. The minimum Gasteiger partial charge on any atom is -0.376 e. The van der Waals surface area contributed by atoms with Crippen molar-refractivity contribution in [3.05, 3.63) is 58.1 Å². The fourth-order valence-corrected chi connectivity index (χ4v) is 2.58. The molecule has 0 unspecified atom stereocenters. The predicted molar refractivity (Wildman–Crippen MR) is 101 cm³/mol. The monoisotopic (exact) mass is 377 g/mol. The number of hydrogen-bond acceptors (Lipinski definition) is 3. The number of carbonyl (C=O) groups excluding carboxylic acids is 2. The summed E-state index contributed by atoms with van der Waals surface area (Å²) >= 11 is 11.8. The summed E-state index contributed by atoms with van der Waals surface area (Å²) in [5, 5.41) is 9.47. The second kappa shape index (κ2) is 7.76. The second-order valence-electron chi connectivity index (χ2n) is 5.82. The molecule has 25 heavy (non-hydrogen) atoms. The lowest BCUT2D eigenvalue weighted by molar-refractivity contribution is -0.114. The molecule has 0 bridgehead atoms. The molecule has 0 atom stereocenters. The maximum Gasteiger partial charge on any atom is 0.253 e. The molecule has 2 amide bonds. The average molecular weight is 378 g/mol. The van der Waals surface area contributed by atoms with E-state index in [0.717, 1.165) is 12.8 Å². The Morgan fingerprint density at radius 3 is 2.52 bits per heavy atom. The van der Waals surface area contributed by atoms with E-state index in [1.165, 1.54) is 0 Å². The van der Waals surface area contributed by atoms with Crippen LogP contribution in [0.2, 0.25) is 10.0 Å². The SMILES string of the molecule is O=C(CNc1ccccc1C(=O)NC1CC1)Nc1ccc(Cl)c(Cl)c1. The Morgan fingerprint density at radius 1 is 1.04 bits per heavy atom. The van der Waals surface area contributed by atoms with Gasteiger partial charge in [0.25, 0.3) is 5.91 Å². The van der Waals surface area contributed by atoms with Crippen LogP contribution in [0.5, 0.6) is 0 Å². The van der Waals surface area contributed by atoms with Gasteiger partial charge >= 0.3 is 0 Å². The van der Waals surface area contributed by atoms with Crippen LogP contribution >= 0.6 is 23.2 Å². The number of carbonyl (C=O) groups is 2. The first kappa shape index (κ1) is 17.6. The molecule has 1 saturated carbocycles. The molecule has 2 aromatic rings. The van der Waals surface area contributed by atoms with Crippen LogP contribution in [0.4, 0.5) is 11.4 Å². The lowest BCUT2D eigenvalue weighted by atomic mass is 10.1. The maximum absolute atomic E-state index is 12.2. The third kappa shape index (κ3) is 4.87. The molecule has 0 radical (unpaired) electrons. The summed E-state index contributed by atoms with van der Waals surface area (Å²) in [7, 11) is 0. The number of rotatable bonds is 6. The highest BCUT2D eigenvalue weighted by Gasteiger charge is 2.24. The molecule has 5 nitrogen and oxygen atoms in total. The summed E-state index contributed by atoms with van der Waals surface area (Å²) in [6.07, 6.45) is 2.04. The third-order valence-electron chi connectivity index (χ3n) is 3.73. The van der Waals surface area contributed by atoms with Crippen molar-refractivity contribution in [3.63, 3.8) is 0 Å².